The highest BCUT2D eigenvalue weighted by molar-refractivity contribution is 5.21. The molecule has 15 heavy (non-hydrogen) atoms. The van der Waals surface area contributed by atoms with Gasteiger partial charge in [0.1, 0.15) is 0 Å². The van der Waals surface area contributed by atoms with Gasteiger partial charge in [-0.15, -0.1) is 0 Å². The van der Waals surface area contributed by atoms with Crippen LogP contribution in [0.1, 0.15) is 22.8 Å². The molecular formula is C12H13NO2. The Kier molecular flexibility index (Phi) is 2.83. The number of aromatic nitrogens is 1. The van der Waals surface area contributed by atoms with Gasteiger partial charge in [0.25, 0.3) is 0 Å². The number of aliphatic hydroxyl groups excluding tert-OH is 1. The van der Waals surface area contributed by atoms with Crippen LogP contribution < -0.4 is 0 Å². The predicted octanol–water partition coefficient (Wildman–Crippen LogP) is 2.26. The maximum absolute atomic E-state index is 9.94. The van der Waals surface area contributed by atoms with Crippen LogP contribution >= 0.6 is 0 Å². The van der Waals surface area contributed by atoms with Crippen molar-refractivity contribution < 1.29 is 9.52 Å². The van der Waals surface area contributed by atoms with E-state index in [1.165, 1.54) is 0 Å². The molecule has 0 bridgehead atoms. The molecule has 0 amide bonds. The van der Waals surface area contributed by atoms with Crippen molar-refractivity contribution >= 4 is 0 Å². The van der Waals surface area contributed by atoms with Gasteiger partial charge in [0.15, 0.2) is 0 Å². The molecule has 0 saturated heterocycles. The Morgan fingerprint density at radius 2 is 2.33 bits per heavy atom. The zero-order chi connectivity index (χ0) is 10.7. The molecule has 0 aliphatic heterocycles. The Morgan fingerprint density at radius 3 is 3.00 bits per heavy atom. The molecule has 0 saturated carbocycles. The van der Waals surface area contributed by atoms with E-state index in [9.17, 15) is 5.11 Å². The molecule has 2 heterocycles. The highest BCUT2D eigenvalue weighted by Gasteiger charge is 2.09. The molecule has 0 spiro atoms. The van der Waals surface area contributed by atoms with Crippen LogP contribution in [0.2, 0.25) is 0 Å². The van der Waals surface area contributed by atoms with Crippen molar-refractivity contribution in [2.45, 2.75) is 19.4 Å². The number of pyridine rings is 1. The first-order valence-electron chi connectivity index (χ1n) is 4.86. The van der Waals surface area contributed by atoms with E-state index in [-0.39, 0.29) is 0 Å². The summed E-state index contributed by atoms with van der Waals surface area (Å²) in [5, 5.41) is 9.94. The van der Waals surface area contributed by atoms with E-state index < -0.39 is 6.10 Å². The van der Waals surface area contributed by atoms with Crippen LogP contribution in [0.5, 0.6) is 0 Å². The Hall–Kier alpha value is -1.61. The molecule has 0 aliphatic carbocycles. The fourth-order valence-electron chi connectivity index (χ4n) is 1.51. The number of hydrogen-bond donors (Lipinski definition) is 1. The van der Waals surface area contributed by atoms with Gasteiger partial charge < -0.3 is 9.52 Å². The average molecular weight is 203 g/mol. The molecule has 2 aromatic rings. The third-order valence-corrected chi connectivity index (χ3v) is 2.29. The SMILES string of the molecule is Cc1cncc(C(O)Cc2ccoc2)c1. The van der Waals surface area contributed by atoms with Gasteiger partial charge >= 0.3 is 0 Å². The van der Waals surface area contributed by atoms with Gasteiger partial charge in [-0.25, -0.2) is 0 Å². The van der Waals surface area contributed by atoms with Crippen LogP contribution in [-0.4, -0.2) is 10.1 Å². The highest BCUT2D eigenvalue weighted by Crippen LogP contribution is 2.18. The lowest BCUT2D eigenvalue weighted by molar-refractivity contribution is 0.177. The van der Waals surface area contributed by atoms with Gasteiger partial charge in [-0.3, -0.25) is 4.98 Å². The summed E-state index contributed by atoms with van der Waals surface area (Å²) in [6, 6.07) is 3.80. The highest BCUT2D eigenvalue weighted by atomic mass is 16.3. The van der Waals surface area contributed by atoms with E-state index >= 15 is 0 Å². The van der Waals surface area contributed by atoms with E-state index in [1.54, 1.807) is 24.9 Å². The third-order valence-electron chi connectivity index (χ3n) is 2.29. The van der Waals surface area contributed by atoms with Gasteiger partial charge in [0.05, 0.1) is 18.6 Å². The van der Waals surface area contributed by atoms with Crippen LogP contribution in [0, 0.1) is 6.92 Å². The summed E-state index contributed by atoms with van der Waals surface area (Å²) < 4.78 is 4.95. The number of aryl methyl sites for hydroxylation is 1. The van der Waals surface area contributed by atoms with E-state index in [1.807, 2.05) is 19.1 Å². The topological polar surface area (TPSA) is 46.3 Å². The van der Waals surface area contributed by atoms with Crippen LogP contribution in [0.4, 0.5) is 0 Å². The minimum atomic E-state index is -0.519. The van der Waals surface area contributed by atoms with Gasteiger partial charge in [-0.2, -0.15) is 0 Å². The van der Waals surface area contributed by atoms with Crippen molar-refractivity contribution in [2.75, 3.05) is 0 Å². The second-order valence-corrected chi connectivity index (χ2v) is 3.65. The van der Waals surface area contributed by atoms with Crippen molar-refractivity contribution in [3.63, 3.8) is 0 Å². The smallest absolute Gasteiger partial charge is 0.0935 e. The molecule has 1 N–H and O–H groups in total. The lowest BCUT2D eigenvalue weighted by atomic mass is 10.0. The first-order chi connectivity index (χ1) is 7.25. The van der Waals surface area contributed by atoms with Crippen LogP contribution in [0.3, 0.4) is 0 Å². The van der Waals surface area contributed by atoms with Crippen LogP contribution in [0.15, 0.2) is 41.5 Å². The molecule has 0 radical (unpaired) electrons. The average Bonchev–Trinajstić information content (AvgIpc) is 2.70. The fraction of sp³-hybridized carbons (Fsp3) is 0.250. The molecule has 78 valence electrons. The van der Waals surface area contributed by atoms with Gasteiger partial charge in [0, 0.05) is 18.8 Å². The Bertz CT molecular complexity index is 423. The fourth-order valence-corrected chi connectivity index (χ4v) is 1.51. The number of hydrogen-bond acceptors (Lipinski definition) is 3. The molecule has 3 heteroatoms. The van der Waals surface area contributed by atoms with Gasteiger partial charge in [-0.05, 0) is 29.7 Å². The number of nitrogens with zero attached hydrogens (tertiary/aromatic N) is 1. The van der Waals surface area contributed by atoms with Gasteiger partial charge in [0.2, 0.25) is 0 Å². The first-order valence-corrected chi connectivity index (χ1v) is 4.86. The predicted molar refractivity (Wildman–Crippen MR) is 56.3 cm³/mol. The second kappa shape index (κ2) is 4.28. The Labute approximate surface area is 88.4 Å². The summed E-state index contributed by atoms with van der Waals surface area (Å²) in [5.74, 6) is 0. The first kappa shape index (κ1) is 9.93. The van der Waals surface area contributed by atoms with Crippen molar-refractivity contribution in [1.82, 2.24) is 4.98 Å². The summed E-state index contributed by atoms with van der Waals surface area (Å²) >= 11 is 0. The maximum Gasteiger partial charge on any atom is 0.0935 e. The van der Waals surface area contributed by atoms with Crippen LogP contribution in [0.25, 0.3) is 0 Å². The standard InChI is InChI=1S/C12H13NO2/c1-9-4-11(7-13-6-9)12(14)5-10-2-3-15-8-10/h2-4,6-8,12,14H,5H2,1H3. The van der Waals surface area contributed by atoms with E-state index in [2.05, 4.69) is 4.98 Å². The summed E-state index contributed by atoms with van der Waals surface area (Å²) in [6.45, 7) is 1.96. The lowest BCUT2D eigenvalue weighted by Crippen LogP contribution is -2.01. The summed E-state index contributed by atoms with van der Waals surface area (Å²) in [7, 11) is 0. The monoisotopic (exact) mass is 203 g/mol. The molecule has 0 aliphatic rings. The molecule has 2 rings (SSSR count). The summed E-state index contributed by atoms with van der Waals surface area (Å²) in [4.78, 5) is 4.05. The minimum absolute atomic E-state index is 0.519. The summed E-state index contributed by atoms with van der Waals surface area (Å²) in [6.07, 6.45) is 6.76. The number of aliphatic hydroxyl groups is 1. The third kappa shape index (κ3) is 2.44. The normalized spacial score (nSPS) is 12.7. The van der Waals surface area contributed by atoms with Crippen molar-refractivity contribution in [1.29, 1.82) is 0 Å². The molecule has 0 fully saturated rings. The molecule has 1 atom stereocenters. The van der Waals surface area contributed by atoms with Crippen molar-refractivity contribution in [3.05, 3.63) is 53.7 Å². The molecule has 0 aromatic carbocycles. The molecule has 3 nitrogen and oxygen atoms in total. The minimum Gasteiger partial charge on any atom is -0.472 e. The zero-order valence-corrected chi connectivity index (χ0v) is 8.55. The largest absolute Gasteiger partial charge is 0.472 e. The van der Waals surface area contributed by atoms with Crippen molar-refractivity contribution in [2.24, 2.45) is 0 Å². The van der Waals surface area contributed by atoms with E-state index in [0.717, 1.165) is 16.7 Å². The molecular weight excluding hydrogens is 190 g/mol. The van der Waals surface area contributed by atoms with Crippen LogP contribution in [-0.2, 0) is 6.42 Å². The molecule has 1 unspecified atom stereocenters. The van der Waals surface area contributed by atoms with E-state index in [4.69, 9.17) is 4.42 Å². The maximum atomic E-state index is 9.94. The van der Waals surface area contributed by atoms with Crippen molar-refractivity contribution in [3.8, 4) is 0 Å². The second-order valence-electron chi connectivity index (χ2n) is 3.65. The van der Waals surface area contributed by atoms with E-state index in [0.29, 0.717) is 6.42 Å². The molecule has 2 aromatic heterocycles. The lowest BCUT2D eigenvalue weighted by Gasteiger charge is -2.09. The zero-order valence-electron chi connectivity index (χ0n) is 8.55. The Balaban J connectivity index is 2.11. The number of rotatable bonds is 3. The quantitative estimate of drug-likeness (QED) is 0.832. The summed E-state index contributed by atoms with van der Waals surface area (Å²) in [5.41, 5.74) is 2.89. The number of furan rings is 1. The van der Waals surface area contributed by atoms with Gasteiger partial charge in [-0.1, -0.05) is 6.07 Å². The Morgan fingerprint density at radius 1 is 1.47 bits per heavy atom.